The molecule has 2 aromatic carbocycles. The number of carbonyl (C=O) groups is 2. The lowest BCUT2D eigenvalue weighted by molar-refractivity contribution is -0.119. The lowest BCUT2D eigenvalue weighted by Gasteiger charge is -2.21. The van der Waals surface area contributed by atoms with Crippen molar-refractivity contribution in [3.63, 3.8) is 0 Å². The van der Waals surface area contributed by atoms with Crippen molar-refractivity contribution >= 4 is 23.3 Å². The van der Waals surface area contributed by atoms with Gasteiger partial charge in [-0.3, -0.25) is 4.79 Å². The average molecular weight is 394 g/mol. The van der Waals surface area contributed by atoms with E-state index in [1.54, 1.807) is 55.6 Å². The second-order valence-corrected chi connectivity index (χ2v) is 6.61. The number of anilines is 1. The van der Waals surface area contributed by atoms with E-state index in [-0.39, 0.29) is 5.56 Å². The maximum atomic E-state index is 14.5. The Morgan fingerprint density at radius 2 is 1.90 bits per heavy atom. The monoisotopic (exact) mass is 394 g/mol. The molecule has 6 nitrogen and oxygen atoms in total. The summed E-state index contributed by atoms with van der Waals surface area (Å²) in [6.45, 7) is 4.08. The summed E-state index contributed by atoms with van der Waals surface area (Å²) in [5.74, 6) is -0.865. The Morgan fingerprint density at radius 3 is 2.62 bits per heavy atom. The number of para-hydroxylation sites is 1. The van der Waals surface area contributed by atoms with Crippen LogP contribution in [0.2, 0.25) is 0 Å². The number of benzodiazepines with no additional fused rings is 1. The minimum absolute atomic E-state index is 0.265. The van der Waals surface area contributed by atoms with E-state index in [2.05, 4.69) is 22.2 Å². The zero-order valence-corrected chi connectivity index (χ0v) is 16.2. The van der Waals surface area contributed by atoms with Crippen molar-refractivity contribution < 1.29 is 14.0 Å². The van der Waals surface area contributed by atoms with Crippen LogP contribution in [0, 0.1) is 5.82 Å². The number of nitrogens with one attached hydrogen (secondary N) is 2. The van der Waals surface area contributed by atoms with Gasteiger partial charge in [0.2, 0.25) is 6.17 Å². The third-order valence-electron chi connectivity index (χ3n) is 4.61. The van der Waals surface area contributed by atoms with Gasteiger partial charge in [0.05, 0.1) is 11.4 Å². The van der Waals surface area contributed by atoms with Gasteiger partial charge in [0.1, 0.15) is 5.82 Å². The molecule has 0 saturated carbocycles. The molecular formula is C22H23FN4O2. The number of benzene rings is 2. The molecule has 29 heavy (non-hydrogen) atoms. The lowest BCUT2D eigenvalue weighted by atomic mass is 10.00. The summed E-state index contributed by atoms with van der Waals surface area (Å²) >= 11 is 0. The maximum Gasteiger partial charge on any atom is 0.316 e. The number of carbonyl (C=O) groups excluding carboxylic acids is 2. The van der Waals surface area contributed by atoms with Crippen LogP contribution in [0.5, 0.6) is 0 Å². The van der Waals surface area contributed by atoms with Crippen LogP contribution in [0.15, 0.2) is 66.2 Å². The van der Waals surface area contributed by atoms with Crippen LogP contribution < -0.4 is 15.5 Å². The van der Waals surface area contributed by atoms with E-state index >= 15 is 0 Å². The number of urea groups is 1. The number of allylic oxidation sites excluding steroid dienone is 1. The highest BCUT2D eigenvalue weighted by atomic mass is 19.1. The number of fused-ring (bicyclic) bond motifs is 1. The molecule has 1 aliphatic heterocycles. The van der Waals surface area contributed by atoms with Gasteiger partial charge < -0.3 is 15.5 Å². The van der Waals surface area contributed by atoms with Crippen molar-refractivity contribution in [1.29, 1.82) is 0 Å². The van der Waals surface area contributed by atoms with E-state index in [9.17, 15) is 14.0 Å². The predicted octanol–water partition coefficient (Wildman–Crippen LogP) is 3.23. The molecule has 1 heterocycles. The van der Waals surface area contributed by atoms with E-state index < -0.39 is 23.9 Å². The van der Waals surface area contributed by atoms with E-state index in [0.717, 1.165) is 12.8 Å². The summed E-state index contributed by atoms with van der Waals surface area (Å²) in [4.78, 5) is 31.1. The van der Waals surface area contributed by atoms with Gasteiger partial charge in [0, 0.05) is 24.7 Å². The summed E-state index contributed by atoms with van der Waals surface area (Å²) in [5.41, 5.74) is 1.79. The first kappa shape index (κ1) is 20.3. The molecule has 150 valence electrons. The Hall–Kier alpha value is -3.48. The van der Waals surface area contributed by atoms with Crippen LogP contribution >= 0.6 is 0 Å². The smallest absolute Gasteiger partial charge is 0.316 e. The molecule has 3 amide bonds. The quantitative estimate of drug-likeness (QED) is 0.583. The number of rotatable bonds is 6. The van der Waals surface area contributed by atoms with Crippen molar-refractivity contribution in [1.82, 2.24) is 10.6 Å². The summed E-state index contributed by atoms with van der Waals surface area (Å²) in [5, 5.41) is 5.29. The molecule has 3 rings (SSSR count). The van der Waals surface area contributed by atoms with E-state index in [4.69, 9.17) is 0 Å². The van der Waals surface area contributed by atoms with Gasteiger partial charge in [-0.05, 0) is 31.0 Å². The van der Waals surface area contributed by atoms with E-state index in [1.165, 1.54) is 11.0 Å². The summed E-state index contributed by atoms with van der Waals surface area (Å²) in [6, 6.07) is 12.9. The fourth-order valence-electron chi connectivity index (χ4n) is 3.11. The molecule has 0 spiro atoms. The molecule has 1 atom stereocenters. The van der Waals surface area contributed by atoms with Crippen LogP contribution in [0.4, 0.5) is 14.9 Å². The first-order valence-electron chi connectivity index (χ1n) is 9.38. The van der Waals surface area contributed by atoms with Gasteiger partial charge in [-0.2, -0.15) is 0 Å². The van der Waals surface area contributed by atoms with Crippen molar-refractivity contribution in [3.05, 3.63) is 78.1 Å². The zero-order valence-electron chi connectivity index (χ0n) is 16.2. The van der Waals surface area contributed by atoms with Gasteiger partial charge in [0.25, 0.3) is 5.91 Å². The normalized spacial score (nSPS) is 15.8. The van der Waals surface area contributed by atoms with Crippen molar-refractivity contribution in [2.24, 2.45) is 4.99 Å². The number of halogens is 1. The summed E-state index contributed by atoms with van der Waals surface area (Å²) in [6.07, 6.45) is 2.10. The molecule has 0 saturated heterocycles. The molecule has 0 fully saturated rings. The van der Waals surface area contributed by atoms with E-state index in [1.807, 2.05) is 0 Å². The predicted molar refractivity (Wildman–Crippen MR) is 112 cm³/mol. The number of hydrogen-bond acceptors (Lipinski definition) is 3. The first-order chi connectivity index (χ1) is 14.0. The van der Waals surface area contributed by atoms with Crippen LogP contribution in [0.25, 0.3) is 0 Å². The molecule has 2 N–H and O–H groups in total. The standard InChI is InChI=1S/C22H23FN4O2/c1-3-4-9-14-24-22(29)26-20-21(28)27(2)18-13-8-6-11-16(18)19(25-20)15-10-5-7-12-17(15)23/h3,5-8,10-13,20H,1,4,9,14H2,2H3,(H2,24,26,29). The van der Waals surface area contributed by atoms with Gasteiger partial charge in [-0.1, -0.05) is 36.4 Å². The number of likely N-dealkylation sites (N-methyl/N-ethyl adjacent to an activating group) is 1. The SMILES string of the molecule is C=CCCCNC(=O)NC1N=C(c2ccccc2F)c2ccccc2N(C)C1=O. The van der Waals surface area contributed by atoms with Crippen molar-refractivity contribution in [3.8, 4) is 0 Å². The highest BCUT2D eigenvalue weighted by Crippen LogP contribution is 2.27. The third-order valence-corrected chi connectivity index (χ3v) is 4.61. The van der Waals surface area contributed by atoms with Crippen LogP contribution in [0.1, 0.15) is 24.0 Å². The molecule has 1 aliphatic rings. The highest BCUT2D eigenvalue weighted by molar-refractivity contribution is 6.20. The molecule has 0 aromatic heterocycles. The van der Waals surface area contributed by atoms with Crippen molar-refractivity contribution in [2.45, 2.75) is 19.0 Å². The second kappa shape index (κ2) is 9.14. The van der Waals surface area contributed by atoms with Crippen LogP contribution in [0.3, 0.4) is 0 Å². The zero-order chi connectivity index (χ0) is 20.8. The Labute approximate surface area is 169 Å². The Kier molecular flexibility index (Phi) is 6.39. The maximum absolute atomic E-state index is 14.5. The highest BCUT2D eigenvalue weighted by Gasteiger charge is 2.31. The molecule has 0 aliphatic carbocycles. The Balaban J connectivity index is 1.96. The lowest BCUT2D eigenvalue weighted by Crippen LogP contribution is -2.49. The molecular weight excluding hydrogens is 371 g/mol. The molecule has 0 bridgehead atoms. The fourth-order valence-corrected chi connectivity index (χ4v) is 3.11. The second-order valence-electron chi connectivity index (χ2n) is 6.61. The van der Waals surface area contributed by atoms with Gasteiger partial charge in [-0.15, -0.1) is 6.58 Å². The number of hydrogen-bond donors (Lipinski definition) is 2. The number of unbranched alkanes of at least 4 members (excludes halogenated alkanes) is 1. The number of aliphatic imine (C=N–C) groups is 1. The Bertz CT molecular complexity index is 957. The summed E-state index contributed by atoms with van der Waals surface area (Å²) < 4.78 is 14.5. The largest absolute Gasteiger partial charge is 0.338 e. The average Bonchev–Trinajstić information content (AvgIpc) is 2.83. The minimum atomic E-state index is -1.18. The van der Waals surface area contributed by atoms with E-state index in [0.29, 0.717) is 23.5 Å². The van der Waals surface area contributed by atoms with Gasteiger partial charge in [-0.25, -0.2) is 14.2 Å². The first-order valence-corrected chi connectivity index (χ1v) is 9.38. The number of amides is 3. The minimum Gasteiger partial charge on any atom is -0.338 e. The van der Waals surface area contributed by atoms with Crippen LogP contribution in [-0.2, 0) is 4.79 Å². The van der Waals surface area contributed by atoms with Crippen LogP contribution in [-0.4, -0.2) is 37.4 Å². The number of nitrogens with zero attached hydrogens (tertiary/aromatic N) is 2. The van der Waals surface area contributed by atoms with Crippen molar-refractivity contribution in [2.75, 3.05) is 18.5 Å². The summed E-state index contributed by atoms with van der Waals surface area (Å²) in [7, 11) is 1.61. The molecule has 2 aromatic rings. The molecule has 7 heteroatoms. The topological polar surface area (TPSA) is 73.8 Å². The molecule has 1 unspecified atom stereocenters. The fraction of sp³-hybridized carbons (Fsp3) is 0.227. The van der Waals surface area contributed by atoms with Gasteiger partial charge in [0.15, 0.2) is 0 Å². The Morgan fingerprint density at radius 1 is 1.21 bits per heavy atom. The molecule has 0 radical (unpaired) electrons. The third kappa shape index (κ3) is 4.51. The van der Waals surface area contributed by atoms with Gasteiger partial charge >= 0.3 is 6.03 Å².